The Kier molecular flexibility index (Phi) is 6.82. The zero-order valence-corrected chi connectivity index (χ0v) is 21.2. The molecule has 0 saturated carbocycles. The first-order valence-corrected chi connectivity index (χ1v) is 12.4. The molecule has 37 heavy (non-hydrogen) atoms. The number of nitrogens with zero attached hydrogens (tertiary/aromatic N) is 7. The third kappa shape index (κ3) is 5.01. The fourth-order valence-electron chi connectivity index (χ4n) is 5.56. The maximum absolute atomic E-state index is 14.7. The van der Waals surface area contributed by atoms with Crippen molar-refractivity contribution in [2.75, 3.05) is 30.9 Å². The Labute approximate surface area is 213 Å². The monoisotopic (exact) mass is 513 g/mol. The van der Waals surface area contributed by atoms with Crippen LogP contribution in [-0.2, 0) is 6.54 Å². The van der Waals surface area contributed by atoms with Crippen molar-refractivity contribution in [3.63, 3.8) is 0 Å². The first-order valence-electron chi connectivity index (χ1n) is 12.4. The van der Waals surface area contributed by atoms with Gasteiger partial charge in [-0.05, 0) is 74.7 Å². The first kappa shape index (κ1) is 25.1. The van der Waals surface area contributed by atoms with E-state index in [2.05, 4.69) is 49.8 Å². The number of ether oxygens (including phenoxy) is 1. The van der Waals surface area contributed by atoms with Crippen molar-refractivity contribution in [1.82, 2.24) is 34.7 Å². The van der Waals surface area contributed by atoms with Gasteiger partial charge in [-0.1, -0.05) is 0 Å². The van der Waals surface area contributed by atoms with Gasteiger partial charge in [-0.25, -0.2) is 14.2 Å². The SMILES string of the molecule is COc1ccc(Nc2ncc(F)c(NC3CC4CCCN4C(C)(C)C3)n2)cc1-n1nnn(CCO)c1=O. The Balaban J connectivity index is 1.37. The van der Waals surface area contributed by atoms with Crippen molar-refractivity contribution in [2.24, 2.45) is 0 Å². The van der Waals surface area contributed by atoms with Gasteiger partial charge in [0.05, 0.1) is 26.5 Å². The topological polar surface area (TPSA) is 135 Å². The molecule has 12 nitrogen and oxygen atoms in total. The van der Waals surface area contributed by atoms with Crippen LogP contribution in [0.25, 0.3) is 5.69 Å². The van der Waals surface area contributed by atoms with E-state index in [1.165, 1.54) is 13.5 Å². The molecule has 1 aromatic carbocycles. The highest BCUT2D eigenvalue weighted by Gasteiger charge is 2.43. The van der Waals surface area contributed by atoms with E-state index >= 15 is 0 Å². The Morgan fingerprint density at radius 3 is 2.92 bits per heavy atom. The molecule has 2 aromatic heterocycles. The summed E-state index contributed by atoms with van der Waals surface area (Å²) in [6.45, 7) is 5.39. The van der Waals surface area contributed by atoms with E-state index in [-0.39, 0.29) is 36.5 Å². The number of tetrazole rings is 1. The lowest BCUT2D eigenvalue weighted by atomic mass is 9.84. The molecular formula is C24H32FN9O3. The Bertz CT molecular complexity index is 1330. The fourth-order valence-corrected chi connectivity index (χ4v) is 5.56. The van der Waals surface area contributed by atoms with E-state index in [1.807, 2.05) is 0 Å². The van der Waals surface area contributed by atoms with Crippen LogP contribution < -0.4 is 21.1 Å². The molecular weight excluding hydrogens is 481 g/mol. The third-order valence-corrected chi connectivity index (χ3v) is 7.16. The molecule has 2 fully saturated rings. The van der Waals surface area contributed by atoms with Crippen LogP contribution in [0.4, 0.5) is 21.8 Å². The number of hydrogen-bond donors (Lipinski definition) is 3. The number of aliphatic hydroxyl groups excluding tert-OH is 1. The van der Waals surface area contributed by atoms with Gasteiger partial charge in [0.1, 0.15) is 11.4 Å². The number of anilines is 3. The molecule has 0 aliphatic carbocycles. The Hall–Kier alpha value is -3.58. The predicted molar refractivity (Wildman–Crippen MR) is 135 cm³/mol. The number of rotatable bonds is 8. The van der Waals surface area contributed by atoms with Crippen LogP contribution in [0.15, 0.2) is 29.2 Å². The van der Waals surface area contributed by atoms with Crippen LogP contribution in [0, 0.1) is 5.82 Å². The molecule has 0 amide bonds. The smallest absolute Gasteiger partial charge is 0.368 e. The minimum absolute atomic E-state index is 0.0231. The average molecular weight is 514 g/mol. The zero-order chi connectivity index (χ0) is 26.2. The molecule has 13 heteroatoms. The zero-order valence-electron chi connectivity index (χ0n) is 21.2. The Morgan fingerprint density at radius 2 is 2.14 bits per heavy atom. The lowest BCUT2D eigenvalue weighted by Crippen LogP contribution is -2.55. The second-order valence-corrected chi connectivity index (χ2v) is 10.1. The van der Waals surface area contributed by atoms with Gasteiger partial charge in [-0.3, -0.25) is 4.90 Å². The van der Waals surface area contributed by atoms with E-state index in [1.54, 1.807) is 18.2 Å². The number of piperidine rings is 1. The highest BCUT2D eigenvalue weighted by Crippen LogP contribution is 2.38. The van der Waals surface area contributed by atoms with Crippen molar-refractivity contribution in [3.8, 4) is 11.4 Å². The van der Waals surface area contributed by atoms with Crippen LogP contribution >= 0.6 is 0 Å². The standard InChI is InChI=1S/C24H32FN9O3/c1-24(2)13-16(11-17-5-4-8-32(17)24)27-21-18(25)14-26-22(29-21)28-15-6-7-20(37-3)19(12-15)34-23(36)33(9-10-35)30-31-34/h6-7,12,14,16-17,35H,4-5,8-11,13H2,1-3H3,(H2,26,27,28,29). The number of fused-ring (bicyclic) bond motifs is 1. The summed E-state index contributed by atoms with van der Waals surface area (Å²) in [5, 5.41) is 23.2. The van der Waals surface area contributed by atoms with Gasteiger partial charge in [0, 0.05) is 23.3 Å². The van der Waals surface area contributed by atoms with E-state index in [9.17, 15) is 9.18 Å². The highest BCUT2D eigenvalue weighted by molar-refractivity contribution is 5.62. The van der Waals surface area contributed by atoms with Crippen molar-refractivity contribution < 1.29 is 14.2 Å². The van der Waals surface area contributed by atoms with Gasteiger partial charge in [0.2, 0.25) is 5.95 Å². The number of methoxy groups -OCH3 is 1. The summed E-state index contributed by atoms with van der Waals surface area (Å²) in [6.07, 6.45) is 5.34. The van der Waals surface area contributed by atoms with Gasteiger partial charge < -0.3 is 20.5 Å². The maximum Gasteiger partial charge on any atom is 0.368 e. The number of hydrogen-bond acceptors (Lipinski definition) is 10. The second-order valence-electron chi connectivity index (χ2n) is 10.1. The molecule has 0 bridgehead atoms. The molecule has 3 aromatic rings. The lowest BCUT2D eigenvalue weighted by Gasteiger charge is -2.47. The summed E-state index contributed by atoms with van der Waals surface area (Å²) in [4.78, 5) is 23.7. The average Bonchev–Trinajstić information content (AvgIpc) is 3.49. The van der Waals surface area contributed by atoms with Gasteiger partial charge in [0.15, 0.2) is 11.6 Å². The molecule has 2 aliphatic rings. The van der Waals surface area contributed by atoms with Crippen LogP contribution in [0.2, 0.25) is 0 Å². The second kappa shape index (κ2) is 10.1. The van der Waals surface area contributed by atoms with E-state index in [0.717, 1.165) is 41.4 Å². The van der Waals surface area contributed by atoms with E-state index < -0.39 is 11.5 Å². The van der Waals surface area contributed by atoms with Gasteiger partial charge in [0.25, 0.3) is 0 Å². The minimum Gasteiger partial charge on any atom is -0.494 e. The maximum atomic E-state index is 14.7. The van der Waals surface area contributed by atoms with Crippen molar-refractivity contribution in [1.29, 1.82) is 0 Å². The first-order chi connectivity index (χ1) is 17.8. The van der Waals surface area contributed by atoms with Gasteiger partial charge in [-0.15, -0.1) is 0 Å². The number of halogens is 1. The van der Waals surface area contributed by atoms with Crippen LogP contribution in [0.1, 0.15) is 39.5 Å². The fraction of sp³-hybridized carbons (Fsp3) is 0.542. The molecule has 2 atom stereocenters. The molecule has 0 radical (unpaired) electrons. The molecule has 4 heterocycles. The number of benzene rings is 1. The van der Waals surface area contributed by atoms with Crippen molar-refractivity contribution in [3.05, 3.63) is 40.7 Å². The summed E-state index contributed by atoms with van der Waals surface area (Å²) in [5.41, 5.74) is 0.397. The van der Waals surface area contributed by atoms with E-state index in [4.69, 9.17) is 9.84 Å². The molecule has 2 saturated heterocycles. The van der Waals surface area contributed by atoms with Crippen molar-refractivity contribution in [2.45, 2.75) is 63.7 Å². The molecule has 198 valence electrons. The summed E-state index contributed by atoms with van der Waals surface area (Å²) >= 11 is 0. The largest absolute Gasteiger partial charge is 0.494 e. The highest BCUT2D eigenvalue weighted by atomic mass is 19.1. The lowest BCUT2D eigenvalue weighted by molar-refractivity contribution is 0.0500. The number of aromatic nitrogens is 6. The van der Waals surface area contributed by atoms with Gasteiger partial charge >= 0.3 is 5.69 Å². The molecule has 2 aliphatic heterocycles. The van der Waals surface area contributed by atoms with Crippen LogP contribution in [0.3, 0.4) is 0 Å². The number of aliphatic hydroxyl groups is 1. The van der Waals surface area contributed by atoms with Crippen LogP contribution in [-0.4, -0.2) is 77.6 Å². The quantitative estimate of drug-likeness (QED) is 0.410. The summed E-state index contributed by atoms with van der Waals surface area (Å²) < 4.78 is 22.2. The molecule has 2 unspecified atom stereocenters. The number of nitrogens with one attached hydrogen (secondary N) is 2. The Morgan fingerprint density at radius 1 is 1.30 bits per heavy atom. The molecule has 5 rings (SSSR count). The van der Waals surface area contributed by atoms with Crippen molar-refractivity contribution >= 4 is 17.5 Å². The predicted octanol–water partition coefficient (Wildman–Crippen LogP) is 1.92. The molecule has 0 spiro atoms. The molecule has 3 N–H and O–H groups in total. The summed E-state index contributed by atoms with van der Waals surface area (Å²) in [6, 6.07) is 5.63. The van der Waals surface area contributed by atoms with Gasteiger partial charge in [-0.2, -0.15) is 14.3 Å². The summed E-state index contributed by atoms with van der Waals surface area (Å²) in [5.74, 6) is 0.238. The minimum atomic E-state index is -0.523. The van der Waals surface area contributed by atoms with Crippen LogP contribution in [0.5, 0.6) is 5.75 Å². The third-order valence-electron chi connectivity index (χ3n) is 7.16. The summed E-state index contributed by atoms with van der Waals surface area (Å²) in [7, 11) is 1.48. The van der Waals surface area contributed by atoms with E-state index in [0.29, 0.717) is 23.2 Å². The normalized spacial score (nSPS) is 21.0.